The van der Waals surface area contributed by atoms with Gasteiger partial charge in [0.1, 0.15) is 0 Å². The molecule has 0 aliphatic carbocycles. The van der Waals surface area contributed by atoms with Gasteiger partial charge in [0.25, 0.3) is 0 Å². The van der Waals surface area contributed by atoms with E-state index in [0.717, 1.165) is 19.3 Å². The molecule has 0 radical (unpaired) electrons. The molecule has 0 aliphatic rings. The molecule has 0 aromatic rings. The Labute approximate surface area is 156 Å². The van der Waals surface area contributed by atoms with Crippen molar-refractivity contribution in [2.45, 2.75) is 73.5 Å². The Bertz CT molecular complexity index is 451. The molecule has 0 rings (SSSR count). The van der Waals surface area contributed by atoms with Crippen molar-refractivity contribution in [1.29, 1.82) is 0 Å². The number of hydrogen-bond donors (Lipinski definition) is 2. The molecule has 0 aromatic heterocycles. The van der Waals surface area contributed by atoms with Gasteiger partial charge < -0.3 is 19.9 Å². The first kappa shape index (κ1) is 24.2. The Kier molecular flexibility index (Phi) is 11.7. The fourth-order valence-corrected chi connectivity index (χ4v) is 2.65. The predicted molar refractivity (Wildman–Crippen MR) is 98.5 cm³/mol. The SMILES string of the molecule is CCCC[C@@H](C)[C@@H](C)[C@H](CNC(=O)O[C@H](C)OC(=O)C(C)C)CC(=O)O. The molecule has 7 nitrogen and oxygen atoms in total. The monoisotopic (exact) mass is 373 g/mol. The van der Waals surface area contributed by atoms with Crippen LogP contribution in [0.2, 0.25) is 0 Å². The summed E-state index contributed by atoms with van der Waals surface area (Å²) < 4.78 is 9.96. The number of esters is 1. The minimum absolute atomic E-state index is 0.0181. The van der Waals surface area contributed by atoms with E-state index in [1.54, 1.807) is 13.8 Å². The minimum atomic E-state index is -0.997. The van der Waals surface area contributed by atoms with E-state index in [-0.39, 0.29) is 30.7 Å². The van der Waals surface area contributed by atoms with Crippen molar-refractivity contribution in [1.82, 2.24) is 5.32 Å². The lowest BCUT2D eigenvalue weighted by atomic mass is 9.79. The quantitative estimate of drug-likeness (QED) is 0.398. The van der Waals surface area contributed by atoms with E-state index in [4.69, 9.17) is 14.6 Å². The van der Waals surface area contributed by atoms with Crippen molar-refractivity contribution >= 4 is 18.0 Å². The number of alkyl carbamates (subject to hydrolysis) is 1. The highest BCUT2D eigenvalue weighted by atomic mass is 16.7. The van der Waals surface area contributed by atoms with Gasteiger partial charge in [-0.05, 0) is 17.8 Å². The molecule has 4 atom stereocenters. The van der Waals surface area contributed by atoms with Crippen molar-refractivity contribution in [3.8, 4) is 0 Å². The first-order chi connectivity index (χ1) is 12.1. The first-order valence-electron chi connectivity index (χ1n) is 9.45. The number of carboxylic acid groups (broad SMARTS) is 1. The van der Waals surface area contributed by atoms with Crippen LogP contribution in [-0.4, -0.2) is 36.0 Å². The Hall–Kier alpha value is -1.79. The lowest BCUT2D eigenvalue weighted by Gasteiger charge is -2.28. The van der Waals surface area contributed by atoms with Gasteiger partial charge in [-0.15, -0.1) is 0 Å². The highest BCUT2D eigenvalue weighted by Crippen LogP contribution is 2.27. The van der Waals surface area contributed by atoms with Gasteiger partial charge in [0.2, 0.25) is 6.29 Å². The molecule has 0 aromatic carbocycles. The maximum atomic E-state index is 11.9. The molecule has 152 valence electrons. The number of carbonyl (C=O) groups is 3. The van der Waals surface area contributed by atoms with Gasteiger partial charge in [0.15, 0.2) is 0 Å². The summed E-state index contributed by atoms with van der Waals surface area (Å²) in [5.74, 6) is -1.33. The van der Waals surface area contributed by atoms with Gasteiger partial charge in [0.05, 0.1) is 12.3 Å². The van der Waals surface area contributed by atoms with Crippen molar-refractivity contribution in [2.24, 2.45) is 23.7 Å². The summed E-state index contributed by atoms with van der Waals surface area (Å²) in [7, 11) is 0. The fraction of sp³-hybridized carbons (Fsp3) is 0.842. The average Bonchev–Trinajstić information content (AvgIpc) is 2.54. The number of nitrogens with one attached hydrogen (secondary N) is 1. The third kappa shape index (κ3) is 10.3. The number of aliphatic carboxylic acids is 1. The molecule has 0 unspecified atom stereocenters. The van der Waals surface area contributed by atoms with Crippen LogP contribution in [0.3, 0.4) is 0 Å². The summed E-state index contributed by atoms with van der Waals surface area (Å²) in [5, 5.41) is 11.7. The molecule has 26 heavy (non-hydrogen) atoms. The molecule has 2 N–H and O–H groups in total. The molecule has 0 saturated heterocycles. The topological polar surface area (TPSA) is 102 Å². The lowest BCUT2D eigenvalue weighted by molar-refractivity contribution is -0.168. The van der Waals surface area contributed by atoms with Crippen LogP contribution in [0.25, 0.3) is 0 Å². The standard InChI is InChI=1S/C19H35NO6/c1-7-8-9-13(4)14(5)16(10-17(21)22)11-20-19(24)26-15(6)25-18(23)12(2)3/h12-16H,7-11H2,1-6H3,(H,20,24)(H,21,22)/t13-,14-,15-,16+/m1/s1. The molecule has 0 saturated carbocycles. The Morgan fingerprint density at radius 1 is 1.04 bits per heavy atom. The van der Waals surface area contributed by atoms with Crippen molar-refractivity contribution < 1.29 is 29.0 Å². The number of unbranched alkanes of at least 4 members (excludes halogenated alkanes) is 1. The van der Waals surface area contributed by atoms with Crippen LogP contribution in [0.4, 0.5) is 4.79 Å². The van der Waals surface area contributed by atoms with Crippen LogP contribution in [0.15, 0.2) is 0 Å². The van der Waals surface area contributed by atoms with Crippen LogP contribution in [-0.2, 0) is 19.1 Å². The summed E-state index contributed by atoms with van der Waals surface area (Å²) in [6.07, 6.45) is 1.48. The zero-order valence-electron chi connectivity index (χ0n) is 16.9. The van der Waals surface area contributed by atoms with E-state index in [0.29, 0.717) is 5.92 Å². The van der Waals surface area contributed by atoms with Crippen molar-refractivity contribution in [3.63, 3.8) is 0 Å². The number of carboxylic acids is 1. The maximum Gasteiger partial charge on any atom is 0.410 e. The first-order valence-corrected chi connectivity index (χ1v) is 9.45. The molecule has 0 bridgehead atoms. The number of carbonyl (C=O) groups excluding carboxylic acids is 2. The van der Waals surface area contributed by atoms with Crippen LogP contribution in [0, 0.1) is 23.7 Å². The maximum absolute atomic E-state index is 11.9. The molecule has 7 heteroatoms. The average molecular weight is 373 g/mol. The smallest absolute Gasteiger partial charge is 0.410 e. The number of hydrogen-bond acceptors (Lipinski definition) is 5. The number of rotatable bonds is 12. The summed E-state index contributed by atoms with van der Waals surface area (Å²) >= 11 is 0. The largest absolute Gasteiger partial charge is 0.481 e. The van der Waals surface area contributed by atoms with Crippen molar-refractivity contribution in [2.75, 3.05) is 6.54 Å². The minimum Gasteiger partial charge on any atom is -0.481 e. The second kappa shape index (κ2) is 12.5. The molecule has 0 fully saturated rings. The number of ether oxygens (including phenoxy) is 2. The second-order valence-corrected chi connectivity index (χ2v) is 7.28. The highest BCUT2D eigenvalue weighted by molar-refractivity contribution is 5.72. The normalized spacial score (nSPS) is 15.7. The summed E-state index contributed by atoms with van der Waals surface area (Å²) in [4.78, 5) is 34.5. The summed E-state index contributed by atoms with van der Waals surface area (Å²) in [6, 6.07) is 0. The van der Waals surface area contributed by atoms with E-state index < -0.39 is 24.3 Å². The van der Waals surface area contributed by atoms with Gasteiger partial charge in [-0.1, -0.05) is 53.9 Å². The molecule has 1 amide bonds. The lowest BCUT2D eigenvalue weighted by Crippen LogP contribution is -2.37. The fourth-order valence-electron chi connectivity index (χ4n) is 2.65. The van der Waals surface area contributed by atoms with Crippen LogP contribution in [0.1, 0.15) is 67.2 Å². The molecule has 0 spiro atoms. The number of amides is 1. The van der Waals surface area contributed by atoms with E-state index in [1.807, 2.05) is 6.92 Å². The van der Waals surface area contributed by atoms with Crippen LogP contribution >= 0.6 is 0 Å². The van der Waals surface area contributed by atoms with E-state index >= 15 is 0 Å². The molecular formula is C19H35NO6. The van der Waals surface area contributed by atoms with Gasteiger partial charge in [-0.2, -0.15) is 0 Å². The van der Waals surface area contributed by atoms with Crippen molar-refractivity contribution in [3.05, 3.63) is 0 Å². The Balaban J connectivity index is 4.56. The van der Waals surface area contributed by atoms with E-state index in [2.05, 4.69) is 19.2 Å². The zero-order chi connectivity index (χ0) is 20.3. The third-order valence-corrected chi connectivity index (χ3v) is 4.63. The van der Waals surface area contributed by atoms with Crippen LogP contribution in [0.5, 0.6) is 0 Å². The van der Waals surface area contributed by atoms with E-state index in [9.17, 15) is 14.4 Å². The highest BCUT2D eigenvalue weighted by Gasteiger charge is 2.26. The predicted octanol–water partition coefficient (Wildman–Crippen LogP) is 3.81. The van der Waals surface area contributed by atoms with Gasteiger partial charge >= 0.3 is 18.0 Å². The summed E-state index contributed by atoms with van der Waals surface area (Å²) in [5.41, 5.74) is 0. The Morgan fingerprint density at radius 2 is 1.65 bits per heavy atom. The van der Waals surface area contributed by atoms with Gasteiger partial charge in [-0.3, -0.25) is 9.59 Å². The van der Waals surface area contributed by atoms with Gasteiger partial charge in [-0.25, -0.2) is 4.79 Å². The van der Waals surface area contributed by atoms with Crippen LogP contribution < -0.4 is 5.32 Å². The molecule has 0 heterocycles. The molecule has 0 aliphatic heterocycles. The third-order valence-electron chi connectivity index (χ3n) is 4.63. The Morgan fingerprint density at radius 3 is 2.15 bits per heavy atom. The molecular weight excluding hydrogens is 338 g/mol. The summed E-state index contributed by atoms with van der Waals surface area (Å²) in [6.45, 7) is 11.3. The second-order valence-electron chi connectivity index (χ2n) is 7.28. The van der Waals surface area contributed by atoms with Gasteiger partial charge in [0, 0.05) is 13.5 Å². The zero-order valence-corrected chi connectivity index (χ0v) is 16.9. The van der Waals surface area contributed by atoms with E-state index in [1.165, 1.54) is 6.92 Å².